The van der Waals surface area contributed by atoms with Gasteiger partial charge in [0.2, 0.25) is 11.8 Å². The Morgan fingerprint density at radius 3 is 2.81 bits per heavy atom. The van der Waals surface area contributed by atoms with Gasteiger partial charge >= 0.3 is 16.4 Å². The van der Waals surface area contributed by atoms with E-state index in [0.717, 1.165) is 0 Å². The molecule has 3 heterocycles. The van der Waals surface area contributed by atoms with Crippen LogP contribution in [0.25, 0.3) is 0 Å². The van der Waals surface area contributed by atoms with Gasteiger partial charge in [0.1, 0.15) is 6.04 Å². The highest BCUT2D eigenvalue weighted by atomic mass is 32.3. The maximum absolute atomic E-state index is 12.2. The molecule has 2 fully saturated rings. The number of urea groups is 1. The molecule has 2 saturated heterocycles. The van der Waals surface area contributed by atoms with Gasteiger partial charge in [-0.25, -0.2) is 4.79 Å². The lowest BCUT2D eigenvalue weighted by Crippen LogP contribution is -2.35. The minimum Gasteiger partial charge on any atom is -0.423 e. The van der Waals surface area contributed by atoms with E-state index >= 15 is 0 Å². The summed E-state index contributed by atoms with van der Waals surface area (Å²) in [6, 6.07) is -1.47. The molecule has 2 bridgehead atoms. The molecule has 2 atom stereocenters. The van der Waals surface area contributed by atoms with E-state index in [9.17, 15) is 13.2 Å². The number of hydrogen-bond acceptors (Lipinski definition) is 7. The highest BCUT2D eigenvalue weighted by Gasteiger charge is 2.49. The number of amides is 2. The molecule has 2 amide bonds. The zero-order chi connectivity index (χ0) is 15.2. The van der Waals surface area contributed by atoms with Gasteiger partial charge in [0, 0.05) is 13.0 Å². The van der Waals surface area contributed by atoms with Crippen molar-refractivity contribution >= 4 is 16.4 Å². The molecule has 0 spiro atoms. The summed E-state index contributed by atoms with van der Waals surface area (Å²) >= 11 is 0. The predicted octanol–water partition coefficient (Wildman–Crippen LogP) is 0.308. The van der Waals surface area contributed by atoms with Crippen LogP contribution in [-0.4, -0.2) is 51.7 Å². The number of nitrogens with zero attached hydrogens (tertiary/aromatic N) is 4. The number of carbonyl (C=O) groups is 1. The van der Waals surface area contributed by atoms with Crippen LogP contribution in [0.1, 0.15) is 37.6 Å². The molecule has 1 aromatic heterocycles. The number of rotatable bonds is 4. The Balaban J connectivity index is 1.82. The molecule has 10 nitrogen and oxygen atoms in total. The molecule has 2 aliphatic heterocycles. The molecule has 0 radical (unpaired) electrons. The van der Waals surface area contributed by atoms with E-state index in [2.05, 4.69) is 14.5 Å². The summed E-state index contributed by atoms with van der Waals surface area (Å²) in [6.07, 6.45) is 1.65. The van der Waals surface area contributed by atoms with Crippen molar-refractivity contribution in [1.29, 1.82) is 0 Å². The number of carbonyl (C=O) groups excluding carboxylic acids is 1. The number of aryl methyl sites for hydroxylation is 1. The fourth-order valence-corrected chi connectivity index (χ4v) is 3.02. The summed E-state index contributed by atoms with van der Waals surface area (Å²) < 4.78 is 40.1. The van der Waals surface area contributed by atoms with Crippen molar-refractivity contribution in [1.82, 2.24) is 20.2 Å². The number of hydrogen-bond donors (Lipinski definition) is 1. The highest BCUT2D eigenvalue weighted by Crippen LogP contribution is 2.38. The van der Waals surface area contributed by atoms with Gasteiger partial charge in [-0.2, -0.15) is 13.5 Å². The number of fused-ring (bicyclic) bond motifs is 2. The Labute approximate surface area is 120 Å². The average molecular weight is 318 g/mol. The Kier molecular flexibility index (Phi) is 3.34. The third-order valence-corrected chi connectivity index (χ3v) is 3.92. The van der Waals surface area contributed by atoms with E-state index in [1.54, 1.807) is 0 Å². The first-order valence-corrected chi connectivity index (χ1v) is 7.84. The van der Waals surface area contributed by atoms with Gasteiger partial charge in [-0.15, -0.1) is 14.5 Å². The molecule has 0 saturated carbocycles. The predicted molar refractivity (Wildman–Crippen MR) is 66.0 cm³/mol. The first-order chi connectivity index (χ1) is 9.89. The smallest absolute Gasteiger partial charge is 0.418 e. The quantitative estimate of drug-likeness (QED) is 0.786. The van der Waals surface area contributed by atoms with Gasteiger partial charge in [-0.3, -0.25) is 4.55 Å². The first kappa shape index (κ1) is 14.2. The summed E-state index contributed by atoms with van der Waals surface area (Å²) in [4.78, 5) is 13.6. The van der Waals surface area contributed by atoms with Crippen LogP contribution in [0.2, 0.25) is 0 Å². The van der Waals surface area contributed by atoms with E-state index in [4.69, 9.17) is 8.97 Å². The van der Waals surface area contributed by atoms with Gasteiger partial charge in [-0.1, -0.05) is 6.92 Å². The molecule has 11 heteroatoms. The molecular formula is C10H14N4O6S. The van der Waals surface area contributed by atoms with E-state index in [0.29, 0.717) is 36.1 Å². The van der Waals surface area contributed by atoms with Crippen LogP contribution in [0.5, 0.6) is 0 Å². The summed E-state index contributed by atoms with van der Waals surface area (Å²) in [7, 11) is -4.73. The summed E-state index contributed by atoms with van der Waals surface area (Å²) in [5, 5.41) is 8.47. The largest absolute Gasteiger partial charge is 0.423 e. The highest BCUT2D eigenvalue weighted by molar-refractivity contribution is 7.80. The van der Waals surface area contributed by atoms with Gasteiger partial charge < -0.3 is 9.32 Å². The van der Waals surface area contributed by atoms with Crippen molar-refractivity contribution in [3.8, 4) is 0 Å². The Bertz CT molecular complexity index is 658. The number of aromatic nitrogens is 2. The Morgan fingerprint density at radius 2 is 2.19 bits per heavy atom. The Morgan fingerprint density at radius 1 is 1.43 bits per heavy atom. The van der Waals surface area contributed by atoms with Crippen LogP contribution in [0.4, 0.5) is 4.79 Å². The maximum Gasteiger partial charge on any atom is 0.418 e. The van der Waals surface area contributed by atoms with Crippen LogP contribution < -0.4 is 0 Å². The Hall–Kier alpha value is -1.72. The van der Waals surface area contributed by atoms with Gasteiger partial charge in [0.05, 0.1) is 6.04 Å². The second-order valence-electron chi connectivity index (χ2n) is 4.90. The van der Waals surface area contributed by atoms with Gasteiger partial charge in [0.25, 0.3) is 0 Å². The third kappa shape index (κ3) is 2.59. The molecular weight excluding hydrogens is 304 g/mol. The standard InChI is InChI=1S/C10H14N4O6S/c1-2-8-11-12-9(19-8)7-4-3-6-5-13(7)10(15)14(6)20-21(16,17)18/h6-7H,2-5H2,1H3,(H,16,17,18)/t6-,7+/m1/s1. The van der Waals surface area contributed by atoms with Crippen molar-refractivity contribution in [2.24, 2.45) is 0 Å². The molecule has 1 N–H and O–H groups in total. The maximum atomic E-state index is 12.2. The zero-order valence-corrected chi connectivity index (χ0v) is 12.0. The molecule has 116 valence electrons. The second-order valence-corrected chi connectivity index (χ2v) is 5.90. The molecule has 0 unspecified atom stereocenters. The number of piperidine rings is 1. The van der Waals surface area contributed by atoms with Crippen molar-refractivity contribution in [3.63, 3.8) is 0 Å². The minimum atomic E-state index is -4.73. The third-order valence-electron chi connectivity index (χ3n) is 3.57. The summed E-state index contributed by atoms with van der Waals surface area (Å²) in [5.41, 5.74) is 0. The van der Waals surface area contributed by atoms with Crippen LogP contribution in [0, 0.1) is 0 Å². The SMILES string of the molecule is CCc1nnc([C@@H]2CC[C@@H]3CN2C(=O)N3OS(=O)(=O)O)o1. The van der Waals surface area contributed by atoms with Gasteiger partial charge in [-0.05, 0) is 12.8 Å². The lowest BCUT2D eigenvalue weighted by molar-refractivity contribution is -0.0317. The normalized spacial score (nSPS) is 25.7. The fraction of sp³-hybridized carbons (Fsp3) is 0.700. The van der Waals surface area contributed by atoms with E-state index in [1.165, 1.54) is 4.90 Å². The molecule has 3 rings (SSSR count). The minimum absolute atomic E-state index is 0.281. The monoisotopic (exact) mass is 318 g/mol. The van der Waals surface area contributed by atoms with E-state index in [-0.39, 0.29) is 6.54 Å². The van der Waals surface area contributed by atoms with Crippen LogP contribution in [0.3, 0.4) is 0 Å². The molecule has 0 aromatic carbocycles. The van der Waals surface area contributed by atoms with Crippen LogP contribution in [-0.2, 0) is 21.1 Å². The van der Waals surface area contributed by atoms with Crippen molar-refractivity contribution in [3.05, 3.63) is 11.8 Å². The van der Waals surface area contributed by atoms with Gasteiger partial charge in [0.15, 0.2) is 0 Å². The lowest BCUT2D eigenvalue weighted by Gasteiger charge is -2.27. The lowest BCUT2D eigenvalue weighted by atomic mass is 10.0. The van der Waals surface area contributed by atoms with E-state index < -0.39 is 28.5 Å². The van der Waals surface area contributed by atoms with Crippen molar-refractivity contribution < 1.29 is 26.5 Å². The average Bonchev–Trinajstić information content (AvgIpc) is 2.98. The summed E-state index contributed by atoms with van der Waals surface area (Å²) in [6.45, 7) is 2.15. The van der Waals surface area contributed by atoms with Crippen molar-refractivity contribution in [2.45, 2.75) is 38.3 Å². The van der Waals surface area contributed by atoms with E-state index in [1.807, 2.05) is 6.92 Å². The molecule has 1 aromatic rings. The van der Waals surface area contributed by atoms with Crippen LogP contribution in [0.15, 0.2) is 4.42 Å². The molecule has 2 aliphatic rings. The molecule has 21 heavy (non-hydrogen) atoms. The first-order valence-electron chi connectivity index (χ1n) is 6.48. The zero-order valence-electron chi connectivity index (χ0n) is 11.2. The van der Waals surface area contributed by atoms with Crippen molar-refractivity contribution in [2.75, 3.05) is 6.54 Å². The second kappa shape index (κ2) is 4.93. The molecule has 0 aliphatic carbocycles. The number of hydroxylamine groups is 2. The summed E-state index contributed by atoms with van der Waals surface area (Å²) in [5.74, 6) is 0.803. The fourth-order valence-electron chi connectivity index (χ4n) is 2.63. The topological polar surface area (TPSA) is 126 Å². The van der Waals surface area contributed by atoms with Crippen LogP contribution >= 0.6 is 0 Å².